The van der Waals surface area contributed by atoms with Crippen molar-refractivity contribution in [1.82, 2.24) is 15.1 Å². The van der Waals surface area contributed by atoms with E-state index in [2.05, 4.69) is 10.4 Å². The van der Waals surface area contributed by atoms with Crippen LogP contribution < -0.4 is 15.8 Å². The number of aromatic nitrogens is 2. The predicted octanol–water partition coefficient (Wildman–Crippen LogP) is 2.27. The number of hydrogen-bond donors (Lipinski definition) is 2. The van der Waals surface area contributed by atoms with Crippen molar-refractivity contribution in [3.8, 4) is 5.75 Å². The number of nitrogens with zero attached hydrogens (tertiary/aromatic N) is 2. The zero-order valence-electron chi connectivity index (χ0n) is 13.4. The molecule has 0 saturated heterocycles. The second kappa shape index (κ2) is 7.19. The first-order valence-corrected chi connectivity index (χ1v) is 7.66. The molecule has 1 saturated carbocycles. The van der Waals surface area contributed by atoms with Crippen molar-refractivity contribution in [2.45, 2.75) is 37.8 Å². The Balaban J connectivity index is 0.00000192. The van der Waals surface area contributed by atoms with Crippen LogP contribution in [0.3, 0.4) is 0 Å². The van der Waals surface area contributed by atoms with Gasteiger partial charge < -0.3 is 15.8 Å². The molecule has 0 bridgehead atoms. The Hall–Kier alpha value is -1.79. The molecule has 1 amide bonds. The third kappa shape index (κ3) is 3.43. The molecule has 0 atom stereocenters. The number of carbonyl (C=O) groups is 1. The number of benzene rings is 1. The summed E-state index contributed by atoms with van der Waals surface area (Å²) in [4.78, 5) is 11.5. The number of nitrogens with two attached hydrogens (primary N) is 1. The zero-order chi connectivity index (χ0) is 15.7. The molecule has 1 heterocycles. The predicted molar refractivity (Wildman–Crippen MR) is 92.4 cm³/mol. The molecule has 7 heteroatoms. The largest absolute Gasteiger partial charge is 0.496 e. The number of primary amides is 1. The van der Waals surface area contributed by atoms with E-state index in [1.807, 2.05) is 17.9 Å². The van der Waals surface area contributed by atoms with Gasteiger partial charge in [-0.3, -0.25) is 9.48 Å². The molecule has 0 aliphatic heterocycles. The molecule has 1 aromatic carbocycles. The quantitative estimate of drug-likeness (QED) is 0.896. The van der Waals surface area contributed by atoms with Gasteiger partial charge in [0.25, 0.3) is 5.91 Å². The van der Waals surface area contributed by atoms with Gasteiger partial charge in [0.05, 0.1) is 24.2 Å². The standard InChI is InChI=1S/C16H22N4O2.ClH/c1-18-11-3-5-12(6-4-11)20-9-10-7-13(16(17)21)15(22-2)8-14(10)19-20;/h7-9,11-12,18H,3-6H2,1-2H3,(H2,17,21);1H. The molecule has 0 unspecified atom stereocenters. The van der Waals surface area contributed by atoms with Gasteiger partial charge in [-0.2, -0.15) is 5.10 Å². The van der Waals surface area contributed by atoms with Crippen molar-refractivity contribution >= 4 is 29.2 Å². The van der Waals surface area contributed by atoms with Gasteiger partial charge in [-0.1, -0.05) is 0 Å². The fourth-order valence-corrected chi connectivity index (χ4v) is 3.25. The number of carbonyl (C=O) groups excluding carboxylic acids is 1. The normalized spacial score (nSPS) is 21.0. The summed E-state index contributed by atoms with van der Waals surface area (Å²) in [5.74, 6) is -0.00910. The molecule has 2 aromatic rings. The molecular formula is C16H23ClN4O2. The summed E-state index contributed by atoms with van der Waals surface area (Å²) in [6.07, 6.45) is 6.55. The molecule has 1 fully saturated rings. The molecule has 1 aliphatic rings. The van der Waals surface area contributed by atoms with Crippen LogP contribution in [0.15, 0.2) is 18.3 Å². The van der Waals surface area contributed by atoms with Crippen LogP contribution in [0.4, 0.5) is 0 Å². The average molecular weight is 339 g/mol. The number of fused-ring (bicyclic) bond motifs is 1. The van der Waals surface area contributed by atoms with E-state index < -0.39 is 5.91 Å². The summed E-state index contributed by atoms with van der Waals surface area (Å²) in [5, 5.41) is 8.92. The molecule has 0 radical (unpaired) electrons. The number of halogens is 1. The molecule has 6 nitrogen and oxygen atoms in total. The number of hydrogen-bond acceptors (Lipinski definition) is 4. The highest BCUT2D eigenvalue weighted by atomic mass is 35.5. The SMILES string of the molecule is CNC1CCC(n2cc3cc(C(N)=O)c(OC)cc3n2)CC1.Cl. The van der Waals surface area contributed by atoms with E-state index in [9.17, 15) is 4.79 Å². The van der Waals surface area contributed by atoms with Gasteiger partial charge in [0, 0.05) is 23.7 Å². The summed E-state index contributed by atoms with van der Waals surface area (Å²) >= 11 is 0. The Morgan fingerprint density at radius 1 is 1.35 bits per heavy atom. The van der Waals surface area contributed by atoms with Crippen LogP contribution in [0, 0.1) is 0 Å². The lowest BCUT2D eigenvalue weighted by Crippen LogP contribution is -2.31. The smallest absolute Gasteiger partial charge is 0.252 e. The number of ether oxygens (including phenoxy) is 1. The first kappa shape index (κ1) is 17.6. The Kier molecular flexibility index (Phi) is 5.49. The number of amides is 1. The Morgan fingerprint density at radius 2 is 2.04 bits per heavy atom. The van der Waals surface area contributed by atoms with Crippen molar-refractivity contribution in [1.29, 1.82) is 0 Å². The number of rotatable bonds is 4. The van der Waals surface area contributed by atoms with Crippen LogP contribution in [0.1, 0.15) is 42.1 Å². The maximum absolute atomic E-state index is 11.5. The van der Waals surface area contributed by atoms with Crippen LogP contribution in [-0.4, -0.2) is 35.9 Å². The topological polar surface area (TPSA) is 82.2 Å². The van der Waals surface area contributed by atoms with E-state index in [0.29, 0.717) is 23.4 Å². The van der Waals surface area contributed by atoms with Gasteiger partial charge in [-0.25, -0.2) is 0 Å². The van der Waals surface area contributed by atoms with Gasteiger partial charge >= 0.3 is 0 Å². The van der Waals surface area contributed by atoms with E-state index in [1.54, 1.807) is 12.1 Å². The van der Waals surface area contributed by atoms with Crippen LogP contribution in [0.2, 0.25) is 0 Å². The van der Waals surface area contributed by atoms with Crippen LogP contribution in [0.5, 0.6) is 5.75 Å². The minimum atomic E-state index is -0.485. The average Bonchev–Trinajstić information content (AvgIpc) is 2.96. The zero-order valence-corrected chi connectivity index (χ0v) is 14.2. The van der Waals surface area contributed by atoms with Gasteiger partial charge in [-0.05, 0) is 38.8 Å². The number of methoxy groups -OCH3 is 1. The lowest BCUT2D eigenvalue weighted by Gasteiger charge is -2.28. The van der Waals surface area contributed by atoms with E-state index in [-0.39, 0.29) is 12.4 Å². The molecule has 23 heavy (non-hydrogen) atoms. The molecule has 126 valence electrons. The van der Waals surface area contributed by atoms with Crippen LogP contribution in [-0.2, 0) is 0 Å². The molecular weight excluding hydrogens is 316 g/mol. The third-order valence-electron chi connectivity index (χ3n) is 4.59. The van der Waals surface area contributed by atoms with Gasteiger partial charge in [0.15, 0.2) is 0 Å². The summed E-state index contributed by atoms with van der Waals surface area (Å²) in [6, 6.07) is 4.58. The minimum absolute atomic E-state index is 0. The summed E-state index contributed by atoms with van der Waals surface area (Å²) in [5.41, 5.74) is 6.64. The summed E-state index contributed by atoms with van der Waals surface area (Å²) < 4.78 is 7.27. The minimum Gasteiger partial charge on any atom is -0.496 e. The van der Waals surface area contributed by atoms with E-state index in [0.717, 1.165) is 36.6 Å². The molecule has 0 spiro atoms. The fraction of sp³-hybridized carbons (Fsp3) is 0.500. The second-order valence-electron chi connectivity index (χ2n) is 5.88. The van der Waals surface area contributed by atoms with Crippen molar-refractivity contribution < 1.29 is 9.53 Å². The maximum atomic E-state index is 11.5. The van der Waals surface area contributed by atoms with Crippen LogP contribution in [0.25, 0.3) is 10.9 Å². The first-order chi connectivity index (χ1) is 10.6. The highest BCUT2D eigenvalue weighted by Gasteiger charge is 2.22. The van der Waals surface area contributed by atoms with Gasteiger partial charge in [0.1, 0.15) is 5.75 Å². The molecule has 1 aliphatic carbocycles. The Morgan fingerprint density at radius 3 is 2.61 bits per heavy atom. The molecule has 3 rings (SSSR count). The van der Waals surface area contributed by atoms with E-state index >= 15 is 0 Å². The molecule has 3 N–H and O–H groups in total. The lowest BCUT2D eigenvalue weighted by atomic mass is 9.91. The third-order valence-corrected chi connectivity index (χ3v) is 4.59. The first-order valence-electron chi connectivity index (χ1n) is 7.66. The van der Waals surface area contributed by atoms with Crippen LogP contribution >= 0.6 is 12.4 Å². The van der Waals surface area contributed by atoms with Gasteiger partial charge in [-0.15, -0.1) is 12.4 Å². The van der Waals surface area contributed by atoms with E-state index in [4.69, 9.17) is 10.5 Å². The number of nitrogens with one attached hydrogen (secondary N) is 1. The van der Waals surface area contributed by atoms with Crippen molar-refractivity contribution in [3.05, 3.63) is 23.9 Å². The van der Waals surface area contributed by atoms with E-state index in [1.165, 1.54) is 7.11 Å². The monoisotopic (exact) mass is 338 g/mol. The Labute approximate surface area is 141 Å². The summed E-state index contributed by atoms with van der Waals surface area (Å²) in [6.45, 7) is 0. The highest BCUT2D eigenvalue weighted by Crippen LogP contribution is 2.31. The highest BCUT2D eigenvalue weighted by molar-refractivity contribution is 6.00. The summed E-state index contributed by atoms with van der Waals surface area (Å²) in [7, 11) is 3.55. The molecule has 1 aromatic heterocycles. The maximum Gasteiger partial charge on any atom is 0.252 e. The van der Waals surface area contributed by atoms with Gasteiger partial charge in [0.2, 0.25) is 0 Å². The van der Waals surface area contributed by atoms with Crippen molar-refractivity contribution in [2.75, 3.05) is 14.2 Å². The lowest BCUT2D eigenvalue weighted by molar-refractivity contribution is 0.0997. The van der Waals surface area contributed by atoms with Crippen molar-refractivity contribution in [3.63, 3.8) is 0 Å². The van der Waals surface area contributed by atoms with Crippen molar-refractivity contribution in [2.24, 2.45) is 5.73 Å². The second-order valence-corrected chi connectivity index (χ2v) is 5.88. The Bertz CT molecular complexity index is 693. The fourth-order valence-electron chi connectivity index (χ4n) is 3.25.